The normalized spacial score (nSPS) is 10.9. The van der Waals surface area contributed by atoms with Gasteiger partial charge in [-0.1, -0.05) is 30.3 Å². The number of nitrogens with zero attached hydrogens (tertiary/aromatic N) is 2. The summed E-state index contributed by atoms with van der Waals surface area (Å²) in [6.07, 6.45) is 0. The topological polar surface area (TPSA) is 41.6 Å². The van der Waals surface area contributed by atoms with Crippen LogP contribution in [0.4, 0.5) is 0 Å². The molecule has 4 heteroatoms. The third-order valence-electron chi connectivity index (χ3n) is 2.65. The minimum Gasteiger partial charge on any atom is -0.323 e. The molecule has 0 unspecified atom stereocenters. The van der Waals surface area contributed by atoms with Crippen molar-refractivity contribution in [2.24, 2.45) is 0 Å². The lowest BCUT2D eigenvalue weighted by molar-refractivity contribution is 1.20. The van der Waals surface area contributed by atoms with Crippen LogP contribution in [0.2, 0.25) is 0 Å². The van der Waals surface area contributed by atoms with E-state index in [1.165, 1.54) is 0 Å². The van der Waals surface area contributed by atoms with Crippen molar-refractivity contribution in [3.63, 3.8) is 0 Å². The minimum atomic E-state index is 0.824. The van der Waals surface area contributed by atoms with Gasteiger partial charge in [-0.3, -0.25) is 0 Å². The molecule has 2 heterocycles. The van der Waals surface area contributed by atoms with Gasteiger partial charge in [0.2, 0.25) is 0 Å². The molecule has 17 heavy (non-hydrogen) atoms. The third-order valence-corrected chi connectivity index (χ3v) is 3.45. The van der Waals surface area contributed by atoms with Crippen molar-refractivity contribution in [2.45, 2.75) is 6.92 Å². The van der Waals surface area contributed by atoms with E-state index >= 15 is 0 Å². The highest BCUT2D eigenvalue weighted by molar-refractivity contribution is 9.10. The smallest absolute Gasteiger partial charge is 0.157 e. The molecule has 0 aliphatic heterocycles. The van der Waals surface area contributed by atoms with Crippen LogP contribution in [0.5, 0.6) is 0 Å². The van der Waals surface area contributed by atoms with Gasteiger partial charge >= 0.3 is 0 Å². The highest BCUT2D eigenvalue weighted by atomic mass is 79.9. The van der Waals surface area contributed by atoms with Gasteiger partial charge in [0, 0.05) is 10.0 Å². The number of aromatic nitrogens is 3. The van der Waals surface area contributed by atoms with E-state index in [2.05, 4.69) is 30.9 Å². The first-order chi connectivity index (χ1) is 8.24. The molecule has 3 nitrogen and oxygen atoms in total. The molecular formula is C13H10BrN3. The van der Waals surface area contributed by atoms with E-state index in [0.29, 0.717) is 0 Å². The van der Waals surface area contributed by atoms with E-state index in [0.717, 1.165) is 32.7 Å². The average molecular weight is 288 g/mol. The van der Waals surface area contributed by atoms with Crippen molar-refractivity contribution in [1.29, 1.82) is 0 Å². The molecule has 0 aliphatic rings. The summed E-state index contributed by atoms with van der Waals surface area (Å²) in [4.78, 5) is 12.2. The van der Waals surface area contributed by atoms with Gasteiger partial charge in [0.25, 0.3) is 0 Å². The number of benzene rings is 1. The average Bonchev–Trinajstić information content (AvgIpc) is 2.74. The van der Waals surface area contributed by atoms with Gasteiger partial charge in [0.15, 0.2) is 5.65 Å². The quantitative estimate of drug-likeness (QED) is 0.742. The van der Waals surface area contributed by atoms with Gasteiger partial charge in [-0.15, -0.1) is 0 Å². The highest BCUT2D eigenvalue weighted by Crippen LogP contribution is 2.23. The Balaban J connectivity index is 2.21. The van der Waals surface area contributed by atoms with Crippen molar-refractivity contribution in [3.8, 4) is 11.4 Å². The van der Waals surface area contributed by atoms with E-state index in [-0.39, 0.29) is 0 Å². The van der Waals surface area contributed by atoms with Crippen molar-refractivity contribution in [1.82, 2.24) is 15.0 Å². The largest absolute Gasteiger partial charge is 0.323 e. The first kappa shape index (κ1) is 10.5. The van der Waals surface area contributed by atoms with E-state index < -0.39 is 0 Å². The van der Waals surface area contributed by atoms with Crippen LogP contribution in [0.15, 0.2) is 40.9 Å². The predicted molar refractivity (Wildman–Crippen MR) is 71.8 cm³/mol. The maximum absolute atomic E-state index is 4.54. The standard InChI is InChI=1S/C13H10BrN3/c1-8-10(14)7-11-13(15-8)17-12(16-11)9-5-3-2-4-6-9/h2-7H,1H3,(H,15,16,17). The number of H-pyrrole nitrogens is 1. The second kappa shape index (κ2) is 3.96. The summed E-state index contributed by atoms with van der Waals surface area (Å²) in [5.41, 5.74) is 3.73. The number of fused-ring (bicyclic) bond motifs is 1. The lowest BCUT2D eigenvalue weighted by atomic mass is 10.2. The maximum Gasteiger partial charge on any atom is 0.157 e. The molecular weight excluding hydrogens is 278 g/mol. The fraction of sp³-hybridized carbons (Fsp3) is 0.0769. The number of hydrogen-bond donors (Lipinski definition) is 1. The molecule has 1 N–H and O–H groups in total. The van der Waals surface area contributed by atoms with Gasteiger partial charge in [0.1, 0.15) is 11.3 Å². The van der Waals surface area contributed by atoms with Crippen molar-refractivity contribution < 1.29 is 0 Å². The molecule has 0 amide bonds. The molecule has 0 saturated heterocycles. The second-order valence-corrected chi connectivity index (χ2v) is 4.73. The molecule has 0 atom stereocenters. The van der Waals surface area contributed by atoms with Crippen LogP contribution in [0.3, 0.4) is 0 Å². The van der Waals surface area contributed by atoms with Crippen LogP contribution in [0, 0.1) is 6.92 Å². The van der Waals surface area contributed by atoms with Crippen molar-refractivity contribution in [2.75, 3.05) is 0 Å². The Morgan fingerprint density at radius 3 is 2.65 bits per heavy atom. The van der Waals surface area contributed by atoms with Crippen LogP contribution in [-0.2, 0) is 0 Å². The Labute approximate surface area is 107 Å². The second-order valence-electron chi connectivity index (χ2n) is 3.87. The zero-order valence-corrected chi connectivity index (χ0v) is 10.8. The lowest BCUT2D eigenvalue weighted by Gasteiger charge is -1.94. The summed E-state index contributed by atoms with van der Waals surface area (Å²) in [6, 6.07) is 12.0. The molecule has 0 aliphatic carbocycles. The monoisotopic (exact) mass is 287 g/mol. The molecule has 84 valence electrons. The van der Waals surface area contributed by atoms with Crippen molar-refractivity contribution in [3.05, 3.63) is 46.6 Å². The number of aromatic amines is 1. The van der Waals surface area contributed by atoms with Crippen LogP contribution in [-0.4, -0.2) is 15.0 Å². The Kier molecular flexibility index (Phi) is 2.44. The van der Waals surface area contributed by atoms with Gasteiger partial charge in [-0.25, -0.2) is 9.97 Å². The molecule has 0 spiro atoms. The van der Waals surface area contributed by atoms with E-state index in [9.17, 15) is 0 Å². The number of rotatable bonds is 1. The third kappa shape index (κ3) is 1.85. The van der Waals surface area contributed by atoms with Crippen molar-refractivity contribution >= 4 is 27.1 Å². The van der Waals surface area contributed by atoms with E-state index in [4.69, 9.17) is 0 Å². The summed E-state index contributed by atoms with van der Waals surface area (Å²) < 4.78 is 0.983. The molecule has 2 aromatic heterocycles. The van der Waals surface area contributed by atoms with Gasteiger partial charge in [-0.2, -0.15) is 0 Å². The SMILES string of the molecule is Cc1nc2[nH]c(-c3ccccc3)nc2cc1Br. The first-order valence-corrected chi connectivity index (χ1v) is 6.11. The van der Waals surface area contributed by atoms with E-state index in [1.54, 1.807) is 0 Å². The number of hydrogen-bond acceptors (Lipinski definition) is 2. The first-order valence-electron chi connectivity index (χ1n) is 5.32. The molecule has 0 saturated carbocycles. The molecule has 1 aromatic carbocycles. The van der Waals surface area contributed by atoms with Gasteiger partial charge in [0.05, 0.1) is 5.69 Å². The van der Waals surface area contributed by atoms with Crippen LogP contribution in [0.1, 0.15) is 5.69 Å². The predicted octanol–water partition coefficient (Wildman–Crippen LogP) is 3.70. The number of halogens is 1. The maximum atomic E-state index is 4.54. The molecule has 3 rings (SSSR count). The summed E-state index contributed by atoms with van der Waals surface area (Å²) in [7, 11) is 0. The van der Waals surface area contributed by atoms with E-state index in [1.807, 2.05) is 43.3 Å². The summed E-state index contributed by atoms with van der Waals surface area (Å²) in [6.45, 7) is 1.96. The number of imidazole rings is 1. The fourth-order valence-electron chi connectivity index (χ4n) is 1.74. The van der Waals surface area contributed by atoms with Gasteiger partial charge in [-0.05, 0) is 28.9 Å². The molecule has 0 radical (unpaired) electrons. The Hall–Kier alpha value is -1.68. The minimum absolute atomic E-state index is 0.824. The zero-order chi connectivity index (χ0) is 11.8. The van der Waals surface area contributed by atoms with Crippen LogP contribution in [0.25, 0.3) is 22.6 Å². The fourth-order valence-corrected chi connectivity index (χ4v) is 2.05. The highest BCUT2D eigenvalue weighted by Gasteiger charge is 2.07. The van der Waals surface area contributed by atoms with Crippen LogP contribution >= 0.6 is 15.9 Å². The van der Waals surface area contributed by atoms with Gasteiger partial charge < -0.3 is 4.98 Å². The Morgan fingerprint density at radius 2 is 1.88 bits per heavy atom. The van der Waals surface area contributed by atoms with Crippen LogP contribution < -0.4 is 0 Å². The zero-order valence-electron chi connectivity index (χ0n) is 9.24. The lowest BCUT2D eigenvalue weighted by Crippen LogP contribution is -1.83. The summed E-state index contributed by atoms with van der Waals surface area (Å²) in [5.74, 6) is 0.852. The Bertz CT molecular complexity index is 635. The number of pyridine rings is 1. The number of nitrogens with one attached hydrogen (secondary N) is 1. The summed E-state index contributed by atoms with van der Waals surface area (Å²) >= 11 is 3.47. The Morgan fingerprint density at radius 1 is 1.12 bits per heavy atom. The molecule has 3 aromatic rings. The summed E-state index contributed by atoms with van der Waals surface area (Å²) in [5, 5.41) is 0. The molecule has 0 fully saturated rings. The molecule has 0 bridgehead atoms. The number of aryl methyl sites for hydroxylation is 1.